The lowest BCUT2D eigenvalue weighted by molar-refractivity contribution is -0.140. The number of thiocarbonyl (C=S) groups is 1. The van der Waals surface area contributed by atoms with Crippen LogP contribution in [0.3, 0.4) is 0 Å². The van der Waals surface area contributed by atoms with Crippen LogP contribution >= 0.6 is 24.0 Å². The molecule has 1 aliphatic rings. The summed E-state index contributed by atoms with van der Waals surface area (Å²) in [5.41, 5.74) is 3.89. The monoisotopic (exact) mass is 446 g/mol. The molecule has 5 nitrogen and oxygen atoms in total. The van der Waals surface area contributed by atoms with E-state index in [1.54, 1.807) is 6.08 Å². The van der Waals surface area contributed by atoms with Crippen molar-refractivity contribution in [3.05, 3.63) is 95.4 Å². The van der Waals surface area contributed by atoms with Crippen LogP contribution in [0.2, 0.25) is 0 Å². The Kier molecular flexibility index (Phi) is 6.16. The fourth-order valence-corrected chi connectivity index (χ4v) is 4.50. The minimum absolute atomic E-state index is 0.259. The van der Waals surface area contributed by atoms with Gasteiger partial charge in [0.15, 0.2) is 0 Å². The lowest BCUT2D eigenvalue weighted by atomic mass is 10.1. The molecule has 1 N–H and O–H groups in total. The van der Waals surface area contributed by atoms with Gasteiger partial charge in [0.25, 0.3) is 5.91 Å². The van der Waals surface area contributed by atoms with E-state index in [4.69, 9.17) is 17.3 Å². The minimum Gasteiger partial charge on any atom is -0.480 e. The maximum atomic E-state index is 12.5. The highest BCUT2D eigenvalue weighted by molar-refractivity contribution is 8.26. The Balaban J connectivity index is 1.63. The van der Waals surface area contributed by atoms with Crippen LogP contribution in [0.15, 0.2) is 89.8 Å². The highest BCUT2D eigenvalue weighted by atomic mass is 32.2. The molecule has 31 heavy (non-hydrogen) atoms. The van der Waals surface area contributed by atoms with Gasteiger partial charge in [-0.25, -0.2) is 0 Å². The van der Waals surface area contributed by atoms with E-state index in [2.05, 4.69) is 29.2 Å². The Morgan fingerprint density at radius 3 is 1.94 bits per heavy atom. The number of carbonyl (C=O) groups is 2. The second-order valence-electron chi connectivity index (χ2n) is 6.76. The van der Waals surface area contributed by atoms with Gasteiger partial charge in [-0.15, -0.1) is 0 Å². The van der Waals surface area contributed by atoms with Gasteiger partial charge in [0.1, 0.15) is 10.9 Å². The molecule has 0 bridgehead atoms. The van der Waals surface area contributed by atoms with Crippen LogP contribution in [0.5, 0.6) is 0 Å². The van der Waals surface area contributed by atoms with E-state index >= 15 is 0 Å². The zero-order chi connectivity index (χ0) is 21.8. The fourth-order valence-electron chi connectivity index (χ4n) is 3.24. The van der Waals surface area contributed by atoms with E-state index in [1.807, 2.05) is 60.7 Å². The number of amides is 1. The Labute approximate surface area is 189 Å². The highest BCUT2D eigenvalue weighted by Crippen LogP contribution is 2.35. The maximum Gasteiger partial charge on any atom is 0.323 e. The highest BCUT2D eigenvalue weighted by Gasteiger charge is 2.33. The molecule has 0 aromatic heterocycles. The van der Waals surface area contributed by atoms with Crippen LogP contribution in [-0.2, 0) is 9.59 Å². The van der Waals surface area contributed by atoms with E-state index in [-0.39, 0.29) is 10.2 Å². The molecule has 1 aliphatic heterocycles. The van der Waals surface area contributed by atoms with Gasteiger partial charge in [-0.2, -0.15) is 0 Å². The molecule has 0 unspecified atom stereocenters. The number of benzene rings is 3. The average molecular weight is 447 g/mol. The van der Waals surface area contributed by atoms with Crippen LogP contribution in [0.4, 0.5) is 17.1 Å². The summed E-state index contributed by atoms with van der Waals surface area (Å²) in [6.07, 6.45) is 1.74. The van der Waals surface area contributed by atoms with Crippen LogP contribution in [0.25, 0.3) is 6.08 Å². The topological polar surface area (TPSA) is 60.9 Å². The summed E-state index contributed by atoms with van der Waals surface area (Å²) >= 11 is 6.27. The number of carbonyl (C=O) groups excluding carboxylic acids is 1. The van der Waals surface area contributed by atoms with E-state index in [9.17, 15) is 9.59 Å². The molecule has 7 heteroatoms. The third-order valence-corrected chi connectivity index (χ3v) is 6.02. The molecule has 1 fully saturated rings. The van der Waals surface area contributed by atoms with Gasteiger partial charge in [-0.1, -0.05) is 72.5 Å². The first-order valence-corrected chi connectivity index (χ1v) is 10.7. The molecule has 0 atom stereocenters. The Morgan fingerprint density at radius 1 is 0.903 bits per heavy atom. The molecule has 0 aliphatic carbocycles. The second kappa shape index (κ2) is 9.16. The smallest absolute Gasteiger partial charge is 0.323 e. The largest absolute Gasteiger partial charge is 0.480 e. The number of nitrogens with zero attached hydrogens (tertiary/aromatic N) is 2. The molecule has 0 saturated carbocycles. The molecular formula is C24H18N2O3S2. The van der Waals surface area contributed by atoms with Crippen molar-refractivity contribution in [2.75, 3.05) is 11.4 Å². The van der Waals surface area contributed by atoms with Crippen LogP contribution in [0, 0.1) is 0 Å². The minimum atomic E-state index is -1.09. The van der Waals surface area contributed by atoms with E-state index < -0.39 is 12.5 Å². The van der Waals surface area contributed by atoms with Crippen molar-refractivity contribution >= 4 is 63.3 Å². The molecule has 1 saturated heterocycles. The molecular weight excluding hydrogens is 428 g/mol. The first kappa shape index (κ1) is 20.8. The number of rotatable bonds is 6. The van der Waals surface area contributed by atoms with Crippen molar-refractivity contribution in [2.24, 2.45) is 0 Å². The van der Waals surface area contributed by atoms with Gasteiger partial charge >= 0.3 is 5.97 Å². The number of hydrogen-bond acceptors (Lipinski definition) is 5. The van der Waals surface area contributed by atoms with Crippen molar-refractivity contribution < 1.29 is 14.7 Å². The van der Waals surface area contributed by atoms with Crippen LogP contribution < -0.4 is 4.90 Å². The van der Waals surface area contributed by atoms with Crippen LogP contribution in [0.1, 0.15) is 5.56 Å². The number of aliphatic carboxylic acids is 1. The van der Waals surface area contributed by atoms with E-state index in [0.717, 1.165) is 39.3 Å². The van der Waals surface area contributed by atoms with Crippen molar-refractivity contribution in [1.29, 1.82) is 0 Å². The molecule has 1 heterocycles. The third kappa shape index (κ3) is 4.68. The standard InChI is InChI=1S/C24H18N2O3S2/c27-22(28)16-25-23(29)21(31-24(25)30)15-17-11-13-20(14-12-17)26(18-7-3-1-4-8-18)19-9-5-2-6-10-19/h1-15H,16H2,(H,27,28). The first-order chi connectivity index (χ1) is 15.0. The van der Waals surface area contributed by atoms with Gasteiger partial charge in [0.05, 0.1) is 4.91 Å². The fraction of sp³-hybridized carbons (Fsp3) is 0.0417. The molecule has 1 amide bonds. The molecule has 0 radical (unpaired) electrons. The lowest BCUT2D eigenvalue weighted by Gasteiger charge is -2.25. The van der Waals surface area contributed by atoms with Gasteiger partial charge in [0, 0.05) is 17.1 Å². The quantitative estimate of drug-likeness (QED) is 0.402. The molecule has 3 aromatic rings. The number of carboxylic acid groups (broad SMARTS) is 1. The van der Waals surface area contributed by atoms with E-state index in [1.165, 1.54) is 0 Å². The summed E-state index contributed by atoms with van der Waals surface area (Å²) in [5.74, 6) is -1.47. The summed E-state index contributed by atoms with van der Waals surface area (Å²) < 4.78 is 0.259. The maximum absolute atomic E-state index is 12.5. The zero-order valence-electron chi connectivity index (χ0n) is 16.3. The molecule has 0 spiro atoms. The number of hydrogen-bond donors (Lipinski definition) is 1. The second-order valence-corrected chi connectivity index (χ2v) is 8.44. The van der Waals surface area contributed by atoms with E-state index in [0.29, 0.717) is 4.91 Å². The Morgan fingerprint density at radius 2 is 1.42 bits per heavy atom. The number of thioether (sulfide) groups is 1. The summed E-state index contributed by atoms with van der Waals surface area (Å²) in [4.78, 5) is 27.1. The van der Waals surface area contributed by atoms with Crippen molar-refractivity contribution in [3.63, 3.8) is 0 Å². The molecule has 3 aromatic carbocycles. The van der Waals surface area contributed by atoms with Gasteiger partial charge in [-0.05, 0) is 48.0 Å². The van der Waals surface area contributed by atoms with Crippen molar-refractivity contribution in [1.82, 2.24) is 4.90 Å². The summed E-state index contributed by atoms with van der Waals surface area (Å²) in [7, 11) is 0. The summed E-state index contributed by atoms with van der Waals surface area (Å²) in [6.45, 7) is -0.427. The van der Waals surface area contributed by atoms with Crippen molar-refractivity contribution in [3.8, 4) is 0 Å². The number of para-hydroxylation sites is 2. The molecule has 154 valence electrons. The summed E-state index contributed by atoms with van der Waals surface area (Å²) in [6, 6.07) is 28.0. The third-order valence-electron chi connectivity index (χ3n) is 4.64. The predicted octanol–water partition coefficient (Wildman–Crippen LogP) is 5.44. The van der Waals surface area contributed by atoms with Gasteiger partial charge in [0.2, 0.25) is 0 Å². The first-order valence-electron chi connectivity index (χ1n) is 9.50. The van der Waals surface area contributed by atoms with Crippen molar-refractivity contribution in [2.45, 2.75) is 0 Å². The van der Waals surface area contributed by atoms with Gasteiger partial charge < -0.3 is 10.0 Å². The Bertz CT molecular complexity index is 1110. The van der Waals surface area contributed by atoms with Gasteiger partial charge in [-0.3, -0.25) is 14.5 Å². The zero-order valence-corrected chi connectivity index (χ0v) is 18.0. The summed E-state index contributed by atoms with van der Waals surface area (Å²) in [5, 5.41) is 8.97. The number of carboxylic acids is 1. The lowest BCUT2D eigenvalue weighted by Crippen LogP contribution is -2.33. The Hall–Kier alpha value is -3.42. The SMILES string of the molecule is O=C(O)CN1C(=O)C(=Cc2ccc(N(c3ccccc3)c3ccccc3)cc2)SC1=S. The number of anilines is 3. The normalized spacial score (nSPS) is 14.8. The molecule has 4 rings (SSSR count). The van der Waals surface area contributed by atoms with Crippen LogP contribution in [-0.4, -0.2) is 32.7 Å². The predicted molar refractivity (Wildman–Crippen MR) is 129 cm³/mol. The average Bonchev–Trinajstić information content (AvgIpc) is 3.03.